The van der Waals surface area contributed by atoms with Crippen LogP contribution in [-0.2, 0) is 9.59 Å². The molecule has 3 N–H and O–H groups in total. The van der Waals surface area contributed by atoms with Gasteiger partial charge in [-0.2, -0.15) is 0 Å². The third-order valence-electron chi connectivity index (χ3n) is 2.21. The molecule has 0 aliphatic carbocycles. The smallest absolute Gasteiger partial charge is 0.323 e. The summed E-state index contributed by atoms with van der Waals surface area (Å²) in [5.41, 5.74) is 5.42. The largest absolute Gasteiger partial charge is 0.480 e. The number of carbonyl (C=O) groups excluding carboxylic acids is 1. The van der Waals surface area contributed by atoms with Crippen molar-refractivity contribution in [3.63, 3.8) is 0 Å². The molecule has 0 fully saturated rings. The average molecular weight is 226 g/mol. The summed E-state index contributed by atoms with van der Waals surface area (Å²) >= 11 is 0. The summed E-state index contributed by atoms with van der Waals surface area (Å²) in [6, 6.07) is 0. The Hall–Kier alpha value is -1.54. The van der Waals surface area contributed by atoms with Gasteiger partial charge in [0.25, 0.3) is 0 Å². The first-order valence-corrected chi connectivity index (χ1v) is 5.14. The van der Waals surface area contributed by atoms with Gasteiger partial charge in [-0.05, 0) is 18.9 Å². The number of nitrogens with two attached hydrogens (primary N) is 1. The van der Waals surface area contributed by atoms with E-state index in [1.54, 1.807) is 0 Å². The summed E-state index contributed by atoms with van der Waals surface area (Å²) in [6.07, 6.45) is 6.00. The first kappa shape index (κ1) is 14.5. The zero-order valence-corrected chi connectivity index (χ0v) is 9.48. The van der Waals surface area contributed by atoms with Crippen LogP contribution in [0.5, 0.6) is 0 Å². The molecule has 0 spiro atoms. The first-order valence-electron chi connectivity index (χ1n) is 5.14. The van der Waals surface area contributed by atoms with Crippen molar-refractivity contribution >= 4 is 11.9 Å². The molecule has 5 heteroatoms. The van der Waals surface area contributed by atoms with Crippen molar-refractivity contribution in [3.8, 4) is 12.3 Å². The normalized spacial score (nSPS) is 11.6. The van der Waals surface area contributed by atoms with Gasteiger partial charge in [0.15, 0.2) is 0 Å². The number of rotatable bonds is 7. The molecule has 0 aliphatic rings. The molecule has 0 rings (SSSR count). The Kier molecular flexibility index (Phi) is 6.97. The highest BCUT2D eigenvalue weighted by Crippen LogP contribution is 2.05. The molecule has 0 saturated heterocycles. The zero-order valence-electron chi connectivity index (χ0n) is 9.48. The average Bonchev–Trinajstić information content (AvgIpc) is 2.24. The molecule has 1 unspecified atom stereocenters. The lowest BCUT2D eigenvalue weighted by molar-refractivity contribution is -0.144. The number of terminal acetylenes is 1. The fourth-order valence-electron chi connectivity index (χ4n) is 1.15. The van der Waals surface area contributed by atoms with Crippen molar-refractivity contribution < 1.29 is 14.7 Å². The van der Waals surface area contributed by atoms with Gasteiger partial charge in [0, 0.05) is 6.42 Å². The van der Waals surface area contributed by atoms with Crippen molar-refractivity contribution in [3.05, 3.63) is 0 Å². The molecule has 16 heavy (non-hydrogen) atoms. The van der Waals surface area contributed by atoms with E-state index in [2.05, 4.69) is 5.92 Å². The number of carboxylic acids is 1. The van der Waals surface area contributed by atoms with Gasteiger partial charge in [0.1, 0.15) is 6.54 Å². The second kappa shape index (κ2) is 7.71. The van der Waals surface area contributed by atoms with E-state index in [0.29, 0.717) is 13.0 Å². The summed E-state index contributed by atoms with van der Waals surface area (Å²) in [6.45, 7) is 2.14. The fourth-order valence-corrected chi connectivity index (χ4v) is 1.15. The molecule has 0 aromatic rings. The number of nitrogens with zero attached hydrogens (tertiary/aromatic N) is 1. The van der Waals surface area contributed by atoms with E-state index < -0.39 is 5.97 Å². The molecule has 0 bridgehead atoms. The second-order valence-electron chi connectivity index (χ2n) is 3.73. The molecule has 0 heterocycles. The van der Waals surface area contributed by atoms with E-state index in [4.69, 9.17) is 17.3 Å². The lowest BCUT2D eigenvalue weighted by Gasteiger charge is -2.18. The summed E-state index contributed by atoms with van der Waals surface area (Å²) in [7, 11) is 0. The first-order chi connectivity index (χ1) is 7.51. The van der Waals surface area contributed by atoms with E-state index in [1.165, 1.54) is 0 Å². The predicted octanol–water partition coefficient (Wildman–Crippen LogP) is -0.0922. The summed E-state index contributed by atoms with van der Waals surface area (Å²) in [4.78, 5) is 23.3. The third-order valence-corrected chi connectivity index (χ3v) is 2.21. The number of hydrogen-bond donors (Lipinski definition) is 2. The molecule has 5 nitrogen and oxygen atoms in total. The van der Waals surface area contributed by atoms with E-state index in [1.807, 2.05) is 6.92 Å². The molecule has 90 valence electrons. The molecule has 0 radical (unpaired) electrons. The Morgan fingerprint density at radius 1 is 1.56 bits per heavy atom. The molecule has 0 aromatic carbocycles. The van der Waals surface area contributed by atoms with Gasteiger partial charge < -0.3 is 15.7 Å². The molecule has 0 aromatic heterocycles. The molecule has 1 atom stereocenters. The Morgan fingerprint density at radius 2 is 2.19 bits per heavy atom. The summed E-state index contributed by atoms with van der Waals surface area (Å²) < 4.78 is 0. The van der Waals surface area contributed by atoms with Crippen molar-refractivity contribution in [1.29, 1.82) is 0 Å². The predicted molar refractivity (Wildman–Crippen MR) is 60.5 cm³/mol. The van der Waals surface area contributed by atoms with Gasteiger partial charge in [-0.3, -0.25) is 9.59 Å². The van der Waals surface area contributed by atoms with E-state index >= 15 is 0 Å². The van der Waals surface area contributed by atoms with Crippen LogP contribution in [0.4, 0.5) is 0 Å². The highest BCUT2D eigenvalue weighted by molar-refractivity contribution is 5.81. The summed E-state index contributed by atoms with van der Waals surface area (Å²) in [5, 5.41) is 8.60. The topological polar surface area (TPSA) is 83.6 Å². The van der Waals surface area contributed by atoms with Crippen LogP contribution in [-0.4, -0.2) is 41.5 Å². The molecule has 0 saturated carbocycles. The molecule has 1 amide bonds. The van der Waals surface area contributed by atoms with Crippen molar-refractivity contribution in [2.75, 3.05) is 19.6 Å². The van der Waals surface area contributed by atoms with Crippen LogP contribution in [0.15, 0.2) is 0 Å². The molecule has 0 aliphatic heterocycles. The maximum atomic E-state index is 11.6. The fraction of sp³-hybridized carbons (Fsp3) is 0.636. The Labute approximate surface area is 95.6 Å². The molecular weight excluding hydrogens is 208 g/mol. The minimum absolute atomic E-state index is 0.0299. The molecular formula is C11H18N2O3. The second-order valence-corrected chi connectivity index (χ2v) is 3.73. The van der Waals surface area contributed by atoms with Gasteiger partial charge >= 0.3 is 5.97 Å². The highest BCUT2D eigenvalue weighted by Gasteiger charge is 2.16. The van der Waals surface area contributed by atoms with Crippen LogP contribution < -0.4 is 5.73 Å². The van der Waals surface area contributed by atoms with Crippen LogP contribution in [0, 0.1) is 18.3 Å². The number of carbonyl (C=O) groups is 2. The number of aliphatic carboxylic acids is 1. The van der Waals surface area contributed by atoms with Gasteiger partial charge in [0.05, 0.1) is 6.54 Å². The third kappa shape index (κ3) is 6.04. The quantitative estimate of drug-likeness (QED) is 0.594. The highest BCUT2D eigenvalue weighted by atomic mass is 16.4. The van der Waals surface area contributed by atoms with Gasteiger partial charge in [-0.15, -0.1) is 6.42 Å². The Bertz CT molecular complexity index is 283. The lowest BCUT2D eigenvalue weighted by Crippen LogP contribution is -2.36. The minimum Gasteiger partial charge on any atom is -0.480 e. The number of hydrogen-bond acceptors (Lipinski definition) is 3. The van der Waals surface area contributed by atoms with Crippen molar-refractivity contribution in [2.45, 2.75) is 19.8 Å². The number of amides is 1. The minimum atomic E-state index is -1.06. The van der Waals surface area contributed by atoms with Crippen LogP contribution in [0.2, 0.25) is 0 Å². The van der Waals surface area contributed by atoms with E-state index in [0.717, 1.165) is 4.90 Å². The standard InChI is InChI=1S/C11H18N2O3/c1-3-6-13(8-11(15)16)10(14)5-4-9(2)7-12/h1,9H,4-8,12H2,2H3,(H,15,16). The SMILES string of the molecule is C#CCN(CC(=O)O)C(=O)CCC(C)CN. The van der Waals surface area contributed by atoms with Crippen LogP contribution in [0.25, 0.3) is 0 Å². The Morgan fingerprint density at radius 3 is 2.62 bits per heavy atom. The van der Waals surface area contributed by atoms with E-state index in [-0.39, 0.29) is 31.3 Å². The van der Waals surface area contributed by atoms with Crippen molar-refractivity contribution in [1.82, 2.24) is 4.90 Å². The van der Waals surface area contributed by atoms with Crippen LogP contribution in [0.3, 0.4) is 0 Å². The maximum Gasteiger partial charge on any atom is 0.323 e. The van der Waals surface area contributed by atoms with Gasteiger partial charge in [-0.25, -0.2) is 0 Å². The van der Waals surface area contributed by atoms with Crippen LogP contribution >= 0.6 is 0 Å². The van der Waals surface area contributed by atoms with E-state index in [9.17, 15) is 9.59 Å². The zero-order chi connectivity index (χ0) is 12.6. The van der Waals surface area contributed by atoms with Gasteiger partial charge in [-0.1, -0.05) is 12.8 Å². The maximum absolute atomic E-state index is 11.6. The summed E-state index contributed by atoms with van der Waals surface area (Å²) in [5.74, 6) is 1.23. The van der Waals surface area contributed by atoms with Crippen LogP contribution in [0.1, 0.15) is 19.8 Å². The Balaban J connectivity index is 4.17. The monoisotopic (exact) mass is 226 g/mol. The number of carboxylic acid groups (broad SMARTS) is 1. The van der Waals surface area contributed by atoms with Crippen molar-refractivity contribution in [2.24, 2.45) is 11.7 Å². The van der Waals surface area contributed by atoms with Gasteiger partial charge in [0.2, 0.25) is 5.91 Å². The lowest BCUT2D eigenvalue weighted by atomic mass is 10.1.